The molecule has 4 N–H and O–H groups in total. The van der Waals surface area contributed by atoms with Gasteiger partial charge in [0.05, 0.1) is 12.2 Å². The number of benzene rings is 2. The van der Waals surface area contributed by atoms with Crippen molar-refractivity contribution in [3.63, 3.8) is 0 Å². The second-order valence-corrected chi connectivity index (χ2v) is 8.52. The molecule has 0 spiro atoms. The van der Waals surface area contributed by atoms with Crippen LogP contribution in [0.15, 0.2) is 73.3 Å². The summed E-state index contributed by atoms with van der Waals surface area (Å²) < 4.78 is 8.03. The van der Waals surface area contributed by atoms with Gasteiger partial charge in [0.1, 0.15) is 30.2 Å². The number of hydrogen-bond acceptors (Lipinski definition) is 7. The molecule has 1 aliphatic heterocycles. The molecule has 0 radical (unpaired) electrons. The molecule has 170 valence electrons. The highest BCUT2D eigenvalue weighted by Gasteiger charge is 2.56. The summed E-state index contributed by atoms with van der Waals surface area (Å²) in [6.45, 7) is 0. The van der Waals surface area contributed by atoms with E-state index in [9.17, 15) is 10.2 Å². The molecule has 1 aliphatic rings. The van der Waals surface area contributed by atoms with Crippen LogP contribution in [-0.2, 0) is 10.5 Å². The van der Waals surface area contributed by atoms with Gasteiger partial charge in [-0.05, 0) is 11.1 Å². The minimum absolute atomic E-state index is 0.0189. The molecule has 2 aromatic carbocycles. The molecule has 33 heavy (non-hydrogen) atoms. The van der Waals surface area contributed by atoms with E-state index in [0.29, 0.717) is 17.6 Å². The number of aliphatic hydroxyl groups is 2. The van der Waals surface area contributed by atoms with E-state index in [4.69, 9.17) is 22.1 Å². The molecule has 8 nitrogen and oxygen atoms in total. The summed E-state index contributed by atoms with van der Waals surface area (Å²) in [5.41, 5.74) is 7.50. The molecule has 0 saturated carbocycles. The molecule has 4 aromatic rings. The van der Waals surface area contributed by atoms with Gasteiger partial charge < -0.3 is 20.7 Å². The lowest BCUT2D eigenvalue weighted by Crippen LogP contribution is -2.46. The number of nitrogen functional groups attached to an aromatic ring is 1. The van der Waals surface area contributed by atoms with Gasteiger partial charge in [0.2, 0.25) is 0 Å². The molecule has 1 saturated heterocycles. The van der Waals surface area contributed by atoms with E-state index in [1.165, 1.54) is 12.7 Å². The smallest absolute Gasteiger partial charge is 0.177 e. The van der Waals surface area contributed by atoms with E-state index in [2.05, 4.69) is 15.0 Å². The maximum absolute atomic E-state index is 11.4. The summed E-state index contributed by atoms with van der Waals surface area (Å²) in [5, 5.41) is 22.2. The summed E-state index contributed by atoms with van der Waals surface area (Å²) in [6.07, 6.45) is -0.0922. The summed E-state index contributed by atoms with van der Waals surface area (Å²) in [4.78, 5) is 12.7. The number of hydrogen-bond donors (Lipinski definition) is 3. The molecule has 0 bridgehead atoms. The fraction of sp³-hybridized carbons (Fsp3) is 0.292. The average Bonchev–Trinajstić information content (AvgIpc) is 3.40. The normalized spacial score (nSPS) is 25.2. The number of nitrogens with two attached hydrogens (primary N) is 1. The number of alkyl halides is 1. The lowest BCUT2D eigenvalue weighted by Gasteiger charge is -2.37. The van der Waals surface area contributed by atoms with Crippen LogP contribution in [0.1, 0.15) is 23.5 Å². The van der Waals surface area contributed by atoms with E-state index in [-0.39, 0.29) is 17.6 Å². The van der Waals surface area contributed by atoms with Gasteiger partial charge in [0.25, 0.3) is 0 Å². The quantitative estimate of drug-likeness (QED) is 0.374. The number of ether oxygens (including phenoxy) is 1. The van der Waals surface area contributed by atoms with Crippen LogP contribution in [0.5, 0.6) is 0 Å². The average molecular weight is 466 g/mol. The Bertz CT molecular complexity index is 1200. The minimum Gasteiger partial charge on any atom is -0.387 e. The van der Waals surface area contributed by atoms with Crippen molar-refractivity contribution in [2.45, 2.75) is 36.4 Å². The van der Waals surface area contributed by atoms with E-state index in [1.54, 1.807) is 4.57 Å². The second-order valence-electron chi connectivity index (χ2n) is 8.21. The number of rotatable bonds is 6. The first kappa shape index (κ1) is 21.8. The molecule has 1 fully saturated rings. The van der Waals surface area contributed by atoms with Gasteiger partial charge in [-0.1, -0.05) is 60.7 Å². The van der Waals surface area contributed by atoms with Crippen molar-refractivity contribution < 1.29 is 14.9 Å². The third kappa shape index (κ3) is 3.65. The number of aliphatic hydroxyl groups excluding tert-OH is 2. The zero-order valence-corrected chi connectivity index (χ0v) is 18.5. The van der Waals surface area contributed by atoms with E-state index in [1.807, 2.05) is 60.7 Å². The van der Waals surface area contributed by atoms with Crippen LogP contribution in [0.4, 0.5) is 5.82 Å². The topological polar surface area (TPSA) is 119 Å². The summed E-state index contributed by atoms with van der Waals surface area (Å²) in [5.74, 6) is 0.0730. The Balaban J connectivity index is 1.70. The predicted molar refractivity (Wildman–Crippen MR) is 125 cm³/mol. The lowest BCUT2D eigenvalue weighted by atomic mass is 9.82. The van der Waals surface area contributed by atoms with Crippen LogP contribution < -0.4 is 5.73 Å². The fourth-order valence-electron chi connectivity index (χ4n) is 4.68. The Kier molecular flexibility index (Phi) is 5.76. The molecule has 2 aromatic heterocycles. The Morgan fingerprint density at radius 3 is 2.21 bits per heavy atom. The Labute approximate surface area is 195 Å². The van der Waals surface area contributed by atoms with E-state index in [0.717, 1.165) is 11.1 Å². The van der Waals surface area contributed by atoms with Crippen LogP contribution in [0.2, 0.25) is 0 Å². The molecule has 0 unspecified atom stereocenters. The number of halogens is 1. The zero-order valence-electron chi connectivity index (χ0n) is 17.7. The Morgan fingerprint density at radius 1 is 1.00 bits per heavy atom. The molecule has 3 heterocycles. The maximum Gasteiger partial charge on any atom is 0.177 e. The summed E-state index contributed by atoms with van der Waals surface area (Å²) in [7, 11) is 0. The van der Waals surface area contributed by atoms with Crippen LogP contribution in [0.25, 0.3) is 11.2 Å². The van der Waals surface area contributed by atoms with Gasteiger partial charge in [-0.3, -0.25) is 4.57 Å². The standard InChI is InChI=1S/C24H24ClN5O3/c25-12-18-20(31)21(32)24(33-18,30-14-29-19-22(26)27-13-28-23(19)30)11-17(15-7-3-1-4-8-15)16-9-5-2-6-10-16/h1-10,13-14,17-18,20-21,31-32H,11-12H2,(H2,26,27,28)/t18-,20-,21-,24-/m1/s1. The Hall–Kier alpha value is -3.04. The lowest BCUT2D eigenvalue weighted by molar-refractivity contribution is -0.143. The van der Waals surface area contributed by atoms with Gasteiger partial charge in [-0.25, -0.2) is 15.0 Å². The van der Waals surface area contributed by atoms with Gasteiger partial charge >= 0.3 is 0 Å². The number of nitrogens with zero attached hydrogens (tertiary/aromatic N) is 4. The van der Waals surface area contributed by atoms with Crippen LogP contribution in [0, 0.1) is 0 Å². The van der Waals surface area contributed by atoms with Crippen molar-refractivity contribution >= 4 is 28.6 Å². The van der Waals surface area contributed by atoms with Crippen molar-refractivity contribution in [1.82, 2.24) is 19.5 Å². The van der Waals surface area contributed by atoms with Crippen molar-refractivity contribution in [3.8, 4) is 0 Å². The summed E-state index contributed by atoms with van der Waals surface area (Å²) >= 11 is 6.10. The number of anilines is 1. The van der Waals surface area contributed by atoms with Crippen molar-refractivity contribution in [3.05, 3.63) is 84.4 Å². The van der Waals surface area contributed by atoms with Crippen molar-refractivity contribution in [2.75, 3.05) is 11.6 Å². The first-order valence-corrected chi connectivity index (χ1v) is 11.2. The zero-order chi connectivity index (χ0) is 23.0. The molecule has 5 rings (SSSR count). The molecular weight excluding hydrogens is 442 g/mol. The largest absolute Gasteiger partial charge is 0.387 e. The van der Waals surface area contributed by atoms with Crippen LogP contribution in [0.3, 0.4) is 0 Å². The SMILES string of the molecule is Nc1ncnc2c1ncn2[C@]1(CC(c2ccccc2)c2ccccc2)O[C@H](CCl)[C@@H](O)[C@H]1O. The van der Waals surface area contributed by atoms with Crippen molar-refractivity contribution in [1.29, 1.82) is 0 Å². The van der Waals surface area contributed by atoms with E-state index < -0.39 is 24.0 Å². The van der Waals surface area contributed by atoms with Crippen LogP contribution in [-0.4, -0.2) is 53.9 Å². The first-order chi connectivity index (χ1) is 16.0. The first-order valence-electron chi connectivity index (χ1n) is 10.7. The highest BCUT2D eigenvalue weighted by Crippen LogP contribution is 2.46. The fourth-order valence-corrected chi connectivity index (χ4v) is 4.93. The summed E-state index contributed by atoms with van der Waals surface area (Å²) in [6, 6.07) is 20.0. The van der Waals surface area contributed by atoms with Gasteiger partial charge in [-0.15, -0.1) is 11.6 Å². The highest BCUT2D eigenvalue weighted by molar-refractivity contribution is 6.18. The number of aromatic nitrogens is 4. The van der Waals surface area contributed by atoms with E-state index >= 15 is 0 Å². The monoisotopic (exact) mass is 465 g/mol. The van der Waals surface area contributed by atoms with Gasteiger partial charge in [0, 0.05) is 12.3 Å². The number of fused-ring (bicyclic) bond motifs is 1. The number of imidazole rings is 1. The van der Waals surface area contributed by atoms with Crippen LogP contribution >= 0.6 is 11.6 Å². The van der Waals surface area contributed by atoms with Crippen molar-refractivity contribution in [2.24, 2.45) is 0 Å². The maximum atomic E-state index is 11.4. The minimum atomic E-state index is -1.40. The second kappa shape index (κ2) is 8.72. The molecule has 0 aliphatic carbocycles. The molecular formula is C24H24ClN5O3. The predicted octanol–water partition coefficient (Wildman–Crippen LogP) is 2.64. The van der Waals surface area contributed by atoms with Gasteiger partial charge in [-0.2, -0.15) is 0 Å². The van der Waals surface area contributed by atoms with Gasteiger partial charge in [0.15, 0.2) is 17.2 Å². The Morgan fingerprint density at radius 2 is 1.64 bits per heavy atom. The molecule has 9 heteroatoms. The molecule has 0 amide bonds. The molecule has 4 atom stereocenters. The third-order valence-electron chi connectivity index (χ3n) is 6.34. The third-order valence-corrected chi connectivity index (χ3v) is 6.65. The highest BCUT2D eigenvalue weighted by atomic mass is 35.5.